The fourth-order valence-electron chi connectivity index (χ4n) is 2.16. The summed E-state index contributed by atoms with van der Waals surface area (Å²) in [6.07, 6.45) is 5.56. The maximum Gasteiger partial charge on any atom is 0.155 e. The van der Waals surface area contributed by atoms with Gasteiger partial charge >= 0.3 is 0 Å². The Morgan fingerprint density at radius 3 is 3.11 bits per heavy atom. The molecule has 0 spiro atoms. The van der Waals surface area contributed by atoms with Crippen molar-refractivity contribution in [2.45, 2.75) is 0 Å². The fraction of sp³-hybridized carbons (Fsp3) is 0. The van der Waals surface area contributed by atoms with Gasteiger partial charge in [0.2, 0.25) is 0 Å². The van der Waals surface area contributed by atoms with Crippen LogP contribution in [0.3, 0.4) is 0 Å². The Kier molecular flexibility index (Phi) is 2.31. The van der Waals surface area contributed by atoms with Gasteiger partial charge in [0.15, 0.2) is 5.65 Å². The molecule has 92 valence electrons. The number of H-pyrrole nitrogens is 1. The van der Waals surface area contributed by atoms with Gasteiger partial charge in [-0.25, -0.2) is 9.50 Å². The van der Waals surface area contributed by atoms with E-state index in [1.54, 1.807) is 6.20 Å². The number of hydrogen-bond acceptors (Lipinski definition) is 3. The molecule has 0 radical (unpaired) electrons. The minimum Gasteiger partial charge on any atom is -0.261 e. The van der Waals surface area contributed by atoms with Crippen LogP contribution >= 0.6 is 22.6 Å². The quantitative estimate of drug-likeness (QED) is 0.531. The van der Waals surface area contributed by atoms with Crippen LogP contribution in [-0.2, 0) is 0 Å². The van der Waals surface area contributed by atoms with Crippen molar-refractivity contribution in [1.29, 1.82) is 0 Å². The third-order valence-corrected chi connectivity index (χ3v) is 3.88. The number of nitrogens with one attached hydrogen (secondary N) is 1. The number of aromatic nitrogens is 5. The molecular weight excluding hydrogens is 353 g/mol. The number of hydrogen-bond donors (Lipinski definition) is 1. The van der Waals surface area contributed by atoms with Gasteiger partial charge in [-0.2, -0.15) is 10.2 Å². The fourth-order valence-corrected chi connectivity index (χ4v) is 2.91. The van der Waals surface area contributed by atoms with Crippen molar-refractivity contribution in [1.82, 2.24) is 24.8 Å². The van der Waals surface area contributed by atoms with Gasteiger partial charge in [-0.1, -0.05) is 6.07 Å². The molecule has 0 atom stereocenters. The van der Waals surface area contributed by atoms with Crippen LogP contribution in [0.15, 0.2) is 42.9 Å². The van der Waals surface area contributed by atoms with Gasteiger partial charge in [0.05, 0.1) is 23.6 Å². The highest BCUT2D eigenvalue weighted by Gasteiger charge is 2.12. The van der Waals surface area contributed by atoms with Gasteiger partial charge in [-0.15, -0.1) is 0 Å². The van der Waals surface area contributed by atoms with E-state index in [0.717, 1.165) is 31.4 Å². The lowest BCUT2D eigenvalue weighted by Gasteiger charge is -2.02. The van der Waals surface area contributed by atoms with Crippen LogP contribution < -0.4 is 0 Å². The lowest BCUT2D eigenvalue weighted by atomic mass is 10.1. The molecule has 4 heterocycles. The maximum absolute atomic E-state index is 4.65. The second kappa shape index (κ2) is 4.02. The summed E-state index contributed by atoms with van der Waals surface area (Å²) in [4.78, 5) is 4.65. The molecule has 4 aromatic heterocycles. The van der Waals surface area contributed by atoms with E-state index in [0.29, 0.717) is 0 Å². The first-order valence-corrected chi connectivity index (χ1v) is 6.83. The van der Waals surface area contributed by atoms with Gasteiger partial charge in [0.25, 0.3) is 0 Å². The summed E-state index contributed by atoms with van der Waals surface area (Å²) in [5.41, 5.74) is 3.80. The van der Waals surface area contributed by atoms with Crippen molar-refractivity contribution >= 4 is 39.1 Å². The lowest BCUT2D eigenvalue weighted by molar-refractivity contribution is 0.961. The second-order valence-electron chi connectivity index (χ2n) is 4.22. The van der Waals surface area contributed by atoms with E-state index in [1.807, 2.05) is 35.1 Å². The average molecular weight is 361 g/mol. The highest BCUT2D eigenvalue weighted by molar-refractivity contribution is 14.1. The zero-order valence-electron chi connectivity index (χ0n) is 9.71. The van der Waals surface area contributed by atoms with Crippen molar-refractivity contribution < 1.29 is 0 Å². The molecule has 4 rings (SSSR count). The van der Waals surface area contributed by atoms with Crippen LogP contribution in [0.25, 0.3) is 27.8 Å². The normalized spacial score (nSPS) is 11.4. The molecule has 4 aromatic rings. The Morgan fingerprint density at radius 1 is 1.21 bits per heavy atom. The van der Waals surface area contributed by atoms with Gasteiger partial charge in [0.1, 0.15) is 0 Å². The van der Waals surface area contributed by atoms with E-state index in [1.165, 1.54) is 0 Å². The van der Waals surface area contributed by atoms with Crippen molar-refractivity contribution in [2.75, 3.05) is 0 Å². The summed E-state index contributed by atoms with van der Waals surface area (Å²) < 4.78 is 2.94. The molecule has 0 amide bonds. The van der Waals surface area contributed by atoms with E-state index in [9.17, 15) is 0 Å². The molecule has 6 heteroatoms. The van der Waals surface area contributed by atoms with Crippen molar-refractivity contribution in [2.24, 2.45) is 0 Å². The standard InChI is InChI=1S/C13H8IN5/c14-10-5-8-6-15-18-13(8)17-12(10)9-7-16-19-4-2-1-3-11(9)19/h1-7H,(H,15,17,18). The highest BCUT2D eigenvalue weighted by atomic mass is 127. The van der Waals surface area contributed by atoms with Gasteiger partial charge in [-0.3, -0.25) is 5.10 Å². The number of halogens is 1. The van der Waals surface area contributed by atoms with Crippen LogP contribution in [0.5, 0.6) is 0 Å². The molecule has 19 heavy (non-hydrogen) atoms. The van der Waals surface area contributed by atoms with E-state index in [-0.39, 0.29) is 0 Å². The SMILES string of the molecule is Ic1cc2cn[nH]c2nc1-c1cnn2ccccc12. The molecule has 1 N–H and O–H groups in total. The molecule has 0 saturated carbocycles. The van der Waals surface area contributed by atoms with Crippen LogP contribution in [0, 0.1) is 3.57 Å². The molecule has 0 fully saturated rings. The van der Waals surface area contributed by atoms with Gasteiger partial charge < -0.3 is 0 Å². The van der Waals surface area contributed by atoms with Crippen LogP contribution in [0.2, 0.25) is 0 Å². The average Bonchev–Trinajstić information content (AvgIpc) is 3.03. The molecule has 0 aliphatic heterocycles. The zero-order valence-corrected chi connectivity index (χ0v) is 11.9. The number of rotatable bonds is 1. The third-order valence-electron chi connectivity index (χ3n) is 3.06. The highest BCUT2D eigenvalue weighted by Crippen LogP contribution is 2.29. The van der Waals surface area contributed by atoms with Crippen LogP contribution in [0.4, 0.5) is 0 Å². The molecule has 0 saturated heterocycles. The Labute approximate surface area is 121 Å². The lowest BCUT2D eigenvalue weighted by Crippen LogP contribution is -1.89. The van der Waals surface area contributed by atoms with E-state index >= 15 is 0 Å². The summed E-state index contributed by atoms with van der Waals surface area (Å²) in [7, 11) is 0. The monoisotopic (exact) mass is 361 g/mol. The molecule has 0 unspecified atom stereocenters. The van der Waals surface area contributed by atoms with E-state index in [2.05, 4.69) is 48.9 Å². The smallest absolute Gasteiger partial charge is 0.155 e. The minimum atomic E-state index is 0.797. The summed E-state index contributed by atoms with van der Waals surface area (Å²) >= 11 is 2.30. The summed E-state index contributed by atoms with van der Waals surface area (Å²) in [6.45, 7) is 0. The number of fused-ring (bicyclic) bond motifs is 2. The third kappa shape index (κ3) is 1.63. The zero-order chi connectivity index (χ0) is 12.8. The van der Waals surface area contributed by atoms with Gasteiger partial charge in [-0.05, 0) is 40.8 Å². The topological polar surface area (TPSA) is 58.9 Å². The van der Waals surface area contributed by atoms with Crippen LogP contribution in [-0.4, -0.2) is 24.8 Å². The number of pyridine rings is 2. The molecule has 0 bridgehead atoms. The van der Waals surface area contributed by atoms with Gasteiger partial charge in [0, 0.05) is 20.7 Å². The Hall–Kier alpha value is -1.96. The number of aromatic amines is 1. The molecule has 0 aromatic carbocycles. The summed E-state index contributed by atoms with van der Waals surface area (Å²) in [6, 6.07) is 8.08. The summed E-state index contributed by atoms with van der Waals surface area (Å²) in [5, 5.41) is 12.3. The Bertz CT molecular complexity index is 892. The minimum absolute atomic E-state index is 0.797. The maximum atomic E-state index is 4.65. The van der Waals surface area contributed by atoms with Crippen molar-refractivity contribution in [3.05, 3.63) is 46.4 Å². The first-order valence-electron chi connectivity index (χ1n) is 5.75. The van der Waals surface area contributed by atoms with E-state index < -0.39 is 0 Å². The first-order chi connectivity index (χ1) is 9.33. The molecule has 0 aliphatic carbocycles. The Balaban J connectivity index is 2.05. The predicted octanol–water partition coefficient (Wildman–Crippen LogP) is 2.88. The predicted molar refractivity (Wildman–Crippen MR) is 80.8 cm³/mol. The second-order valence-corrected chi connectivity index (χ2v) is 5.38. The Morgan fingerprint density at radius 2 is 2.16 bits per heavy atom. The number of nitrogens with zero attached hydrogens (tertiary/aromatic N) is 4. The van der Waals surface area contributed by atoms with Crippen molar-refractivity contribution in [3.8, 4) is 11.3 Å². The molecule has 0 aliphatic rings. The summed E-state index contributed by atoms with van der Waals surface area (Å²) in [5.74, 6) is 0. The van der Waals surface area contributed by atoms with Crippen LogP contribution in [0.1, 0.15) is 0 Å². The van der Waals surface area contributed by atoms with Crippen molar-refractivity contribution in [3.63, 3.8) is 0 Å². The van der Waals surface area contributed by atoms with E-state index in [4.69, 9.17) is 0 Å². The first kappa shape index (κ1) is 10.9. The largest absolute Gasteiger partial charge is 0.261 e. The molecule has 5 nitrogen and oxygen atoms in total. The molecular formula is C13H8IN5.